The molecule has 7 heteroatoms. The van der Waals surface area contributed by atoms with Crippen LogP contribution >= 0.6 is 11.6 Å². The van der Waals surface area contributed by atoms with E-state index in [0.29, 0.717) is 18.2 Å². The van der Waals surface area contributed by atoms with Crippen LogP contribution in [0, 0.1) is 0 Å². The van der Waals surface area contributed by atoms with Gasteiger partial charge in [-0.2, -0.15) is 0 Å². The maximum atomic E-state index is 12.6. The summed E-state index contributed by atoms with van der Waals surface area (Å²) < 4.78 is 12.1. The second kappa shape index (κ2) is 9.30. The third kappa shape index (κ3) is 4.72. The van der Waals surface area contributed by atoms with Gasteiger partial charge in [-0.05, 0) is 56.3 Å². The highest BCUT2D eigenvalue weighted by molar-refractivity contribution is 6.30. The Balaban J connectivity index is 1.19. The molecule has 1 unspecified atom stereocenters. The molecule has 3 aliphatic heterocycles. The zero-order valence-electron chi connectivity index (χ0n) is 18.3. The molecule has 0 N–H and O–H groups in total. The summed E-state index contributed by atoms with van der Waals surface area (Å²) in [4.78, 5) is 19.1. The molecule has 3 aliphatic rings. The van der Waals surface area contributed by atoms with Crippen molar-refractivity contribution in [2.45, 2.75) is 31.4 Å². The van der Waals surface area contributed by atoms with Crippen LogP contribution in [0.15, 0.2) is 48.5 Å². The predicted molar refractivity (Wildman–Crippen MR) is 126 cm³/mol. The van der Waals surface area contributed by atoms with Gasteiger partial charge >= 0.3 is 6.09 Å². The highest BCUT2D eigenvalue weighted by Gasteiger charge is 2.50. The number of ether oxygens (including phenoxy) is 2. The van der Waals surface area contributed by atoms with E-state index < -0.39 is 5.60 Å². The predicted octanol–water partition coefficient (Wildman–Crippen LogP) is 4.42. The zero-order valence-corrected chi connectivity index (χ0v) is 19.1. The molecule has 6 nitrogen and oxygen atoms in total. The Bertz CT molecular complexity index is 948. The average molecular weight is 456 g/mol. The van der Waals surface area contributed by atoms with Crippen LogP contribution in [0.1, 0.15) is 24.8 Å². The topological polar surface area (TPSA) is 45.2 Å². The minimum atomic E-state index is -0.456. The zero-order chi connectivity index (χ0) is 22.0. The van der Waals surface area contributed by atoms with Gasteiger partial charge in [-0.25, -0.2) is 4.79 Å². The van der Waals surface area contributed by atoms with Crippen molar-refractivity contribution in [2.24, 2.45) is 0 Å². The van der Waals surface area contributed by atoms with Crippen LogP contribution < -0.4 is 9.64 Å². The number of halogens is 1. The molecule has 3 saturated heterocycles. The summed E-state index contributed by atoms with van der Waals surface area (Å²) in [5.74, 6) is 0.957. The second-order valence-corrected chi connectivity index (χ2v) is 9.52. The van der Waals surface area contributed by atoms with Crippen molar-refractivity contribution in [3.63, 3.8) is 0 Å². The van der Waals surface area contributed by atoms with Gasteiger partial charge in [-0.3, -0.25) is 14.7 Å². The van der Waals surface area contributed by atoms with E-state index in [-0.39, 0.29) is 6.09 Å². The van der Waals surface area contributed by atoms with Crippen LogP contribution in [0.25, 0.3) is 0 Å². The number of benzene rings is 2. The number of hydrogen-bond acceptors (Lipinski definition) is 5. The van der Waals surface area contributed by atoms with Crippen molar-refractivity contribution in [1.82, 2.24) is 9.80 Å². The summed E-state index contributed by atoms with van der Waals surface area (Å²) >= 11 is 5.99. The molecule has 32 heavy (non-hydrogen) atoms. The summed E-state index contributed by atoms with van der Waals surface area (Å²) in [5, 5.41) is 0.657. The first-order valence-corrected chi connectivity index (χ1v) is 11.9. The van der Waals surface area contributed by atoms with Crippen LogP contribution in [0.2, 0.25) is 5.02 Å². The maximum absolute atomic E-state index is 12.6. The number of carbonyl (C=O) groups is 1. The largest absolute Gasteiger partial charge is 0.492 e. The standard InChI is InChI=1S/C25H30ClN3O3/c26-21-7-9-22(10-8-21)29-19-25(32-24(29)30)11-14-28(18-25)17-20-5-1-2-6-23(20)31-16-15-27-12-3-4-13-27/h1-2,5-10H,3-4,11-19H2. The number of rotatable bonds is 7. The van der Waals surface area contributed by atoms with Crippen molar-refractivity contribution in [2.75, 3.05) is 50.8 Å². The fraction of sp³-hybridized carbons (Fsp3) is 0.480. The summed E-state index contributed by atoms with van der Waals surface area (Å²) in [6.07, 6.45) is 3.15. The molecule has 1 atom stereocenters. The Labute approximate surface area is 194 Å². The first kappa shape index (κ1) is 21.6. The maximum Gasteiger partial charge on any atom is 0.415 e. The van der Waals surface area contributed by atoms with Crippen molar-refractivity contribution < 1.29 is 14.3 Å². The monoisotopic (exact) mass is 455 g/mol. The van der Waals surface area contributed by atoms with E-state index in [1.807, 2.05) is 18.2 Å². The molecular formula is C25H30ClN3O3. The third-order valence-corrected chi connectivity index (χ3v) is 6.99. The van der Waals surface area contributed by atoms with E-state index in [4.69, 9.17) is 21.1 Å². The Hall–Kier alpha value is -2.28. The van der Waals surface area contributed by atoms with Crippen molar-refractivity contribution in [1.29, 1.82) is 0 Å². The van der Waals surface area contributed by atoms with E-state index in [0.717, 1.165) is 44.0 Å². The number of hydrogen-bond donors (Lipinski definition) is 0. The Morgan fingerprint density at radius 1 is 0.969 bits per heavy atom. The van der Waals surface area contributed by atoms with Gasteiger partial charge in [0.2, 0.25) is 0 Å². The first-order chi connectivity index (χ1) is 15.6. The first-order valence-electron chi connectivity index (χ1n) is 11.5. The highest BCUT2D eigenvalue weighted by Crippen LogP contribution is 2.36. The number of para-hydroxylation sites is 1. The van der Waals surface area contributed by atoms with E-state index in [1.165, 1.54) is 31.5 Å². The van der Waals surface area contributed by atoms with Crippen LogP contribution in [0.5, 0.6) is 5.75 Å². The molecule has 0 saturated carbocycles. The summed E-state index contributed by atoms with van der Waals surface area (Å²) in [6, 6.07) is 15.6. The number of likely N-dealkylation sites (tertiary alicyclic amines) is 2. The lowest BCUT2D eigenvalue weighted by Gasteiger charge is -2.23. The normalized spacial score (nSPS) is 23.9. The van der Waals surface area contributed by atoms with E-state index >= 15 is 0 Å². The number of amides is 1. The fourth-order valence-corrected chi connectivity index (χ4v) is 5.15. The van der Waals surface area contributed by atoms with Crippen molar-refractivity contribution in [3.05, 3.63) is 59.1 Å². The lowest BCUT2D eigenvalue weighted by molar-refractivity contribution is 0.0628. The van der Waals surface area contributed by atoms with E-state index in [9.17, 15) is 4.79 Å². The fourth-order valence-electron chi connectivity index (χ4n) is 5.02. The molecule has 3 fully saturated rings. The third-order valence-electron chi connectivity index (χ3n) is 6.73. The van der Waals surface area contributed by atoms with Gasteiger partial charge in [-0.15, -0.1) is 0 Å². The van der Waals surface area contributed by atoms with Gasteiger partial charge in [0.1, 0.15) is 18.0 Å². The van der Waals surface area contributed by atoms with Crippen LogP contribution in [0.4, 0.5) is 10.5 Å². The number of anilines is 1. The van der Waals surface area contributed by atoms with Gasteiger partial charge in [0, 0.05) is 48.9 Å². The summed E-state index contributed by atoms with van der Waals surface area (Å²) in [7, 11) is 0. The molecule has 0 radical (unpaired) electrons. The molecule has 3 heterocycles. The quantitative estimate of drug-likeness (QED) is 0.618. The molecule has 5 rings (SSSR count). The van der Waals surface area contributed by atoms with Gasteiger partial charge in [0.05, 0.1) is 6.54 Å². The van der Waals surface area contributed by atoms with E-state index in [2.05, 4.69) is 28.0 Å². The lowest BCUT2D eigenvalue weighted by Crippen LogP contribution is -2.37. The minimum absolute atomic E-state index is 0.278. The summed E-state index contributed by atoms with van der Waals surface area (Å²) in [5.41, 5.74) is 1.55. The second-order valence-electron chi connectivity index (χ2n) is 9.08. The Morgan fingerprint density at radius 3 is 2.56 bits per heavy atom. The van der Waals surface area contributed by atoms with Gasteiger partial charge in [0.15, 0.2) is 0 Å². The molecule has 2 aromatic carbocycles. The van der Waals surface area contributed by atoms with E-state index in [1.54, 1.807) is 17.0 Å². The molecule has 2 aromatic rings. The minimum Gasteiger partial charge on any atom is -0.492 e. The van der Waals surface area contributed by atoms with Crippen molar-refractivity contribution in [3.8, 4) is 5.75 Å². The van der Waals surface area contributed by atoms with Crippen LogP contribution in [-0.2, 0) is 11.3 Å². The van der Waals surface area contributed by atoms with Gasteiger partial charge < -0.3 is 9.47 Å². The SMILES string of the molecule is O=C1OC2(CCN(Cc3ccccc3OCCN3CCCC3)C2)CN1c1ccc(Cl)cc1. The molecule has 1 spiro atoms. The molecule has 170 valence electrons. The van der Waals surface area contributed by atoms with Crippen molar-refractivity contribution >= 4 is 23.4 Å². The summed E-state index contributed by atoms with van der Waals surface area (Å²) in [6.45, 7) is 7.05. The molecule has 1 amide bonds. The average Bonchev–Trinajstić information content (AvgIpc) is 3.51. The number of carbonyl (C=O) groups excluding carboxylic acids is 1. The molecule has 0 aromatic heterocycles. The Kier molecular flexibility index (Phi) is 6.26. The smallest absolute Gasteiger partial charge is 0.415 e. The Morgan fingerprint density at radius 2 is 1.75 bits per heavy atom. The highest BCUT2D eigenvalue weighted by atomic mass is 35.5. The molecular weight excluding hydrogens is 426 g/mol. The lowest BCUT2D eigenvalue weighted by atomic mass is 10.0. The van der Waals surface area contributed by atoms with Gasteiger partial charge in [0.25, 0.3) is 0 Å². The van der Waals surface area contributed by atoms with Crippen LogP contribution in [0.3, 0.4) is 0 Å². The molecule has 0 aliphatic carbocycles. The number of nitrogens with zero attached hydrogens (tertiary/aromatic N) is 3. The van der Waals surface area contributed by atoms with Crippen LogP contribution in [-0.4, -0.2) is 67.4 Å². The van der Waals surface area contributed by atoms with Gasteiger partial charge in [-0.1, -0.05) is 29.8 Å². The molecule has 0 bridgehead atoms.